The minimum absolute atomic E-state index is 0.321. The van der Waals surface area contributed by atoms with Gasteiger partial charge >= 0.3 is 0 Å². The molecule has 1 aromatic heterocycles. The molecule has 112 valence electrons. The predicted molar refractivity (Wildman–Crippen MR) is 88.0 cm³/mol. The first-order valence-corrected chi connectivity index (χ1v) is 7.50. The van der Waals surface area contributed by atoms with E-state index in [1.165, 1.54) is 5.56 Å². The van der Waals surface area contributed by atoms with Crippen LogP contribution in [0.25, 0.3) is 0 Å². The van der Waals surface area contributed by atoms with Gasteiger partial charge in [0.2, 0.25) is 0 Å². The quantitative estimate of drug-likeness (QED) is 0.851. The third kappa shape index (κ3) is 4.53. The summed E-state index contributed by atoms with van der Waals surface area (Å²) >= 11 is 0. The molecular formula is C17H24N4. The van der Waals surface area contributed by atoms with Crippen LogP contribution in [0.5, 0.6) is 0 Å². The van der Waals surface area contributed by atoms with Crippen molar-refractivity contribution in [1.82, 2.24) is 9.97 Å². The van der Waals surface area contributed by atoms with Crippen LogP contribution in [0.4, 0.5) is 11.5 Å². The molecule has 0 aliphatic rings. The zero-order chi connectivity index (χ0) is 15.2. The van der Waals surface area contributed by atoms with Crippen molar-refractivity contribution in [2.75, 3.05) is 11.9 Å². The normalized spacial score (nSPS) is 10.9. The average Bonchev–Trinajstić information content (AvgIpc) is 2.45. The number of hydrogen-bond donors (Lipinski definition) is 2. The standard InChI is InChI=1S/C17H24N4/c1-12(2)17-19-13(3)10-16(21-17)20-15-8-4-6-14(11-15)7-5-9-18/h4,6,8,10-12H,5,7,9,18H2,1-3H3,(H,19,20,21). The third-order valence-electron chi connectivity index (χ3n) is 3.26. The number of aromatic nitrogens is 2. The minimum atomic E-state index is 0.321. The monoisotopic (exact) mass is 284 g/mol. The van der Waals surface area contributed by atoms with Gasteiger partial charge in [0.25, 0.3) is 0 Å². The molecule has 1 aromatic carbocycles. The number of rotatable bonds is 6. The highest BCUT2D eigenvalue weighted by Gasteiger charge is 2.06. The van der Waals surface area contributed by atoms with Gasteiger partial charge in [0.05, 0.1) is 0 Å². The topological polar surface area (TPSA) is 63.8 Å². The van der Waals surface area contributed by atoms with Crippen LogP contribution in [0.15, 0.2) is 30.3 Å². The molecule has 0 aliphatic heterocycles. The van der Waals surface area contributed by atoms with Gasteiger partial charge in [-0.25, -0.2) is 9.97 Å². The molecule has 4 heteroatoms. The molecule has 0 radical (unpaired) electrons. The zero-order valence-corrected chi connectivity index (χ0v) is 13.1. The SMILES string of the molecule is Cc1cc(Nc2cccc(CCCN)c2)nc(C(C)C)n1. The Morgan fingerprint density at radius 2 is 2.00 bits per heavy atom. The molecule has 0 saturated carbocycles. The van der Waals surface area contributed by atoms with Crippen molar-refractivity contribution in [3.05, 3.63) is 47.4 Å². The van der Waals surface area contributed by atoms with Crippen molar-refractivity contribution < 1.29 is 0 Å². The van der Waals surface area contributed by atoms with Gasteiger partial charge in [0.1, 0.15) is 11.6 Å². The van der Waals surface area contributed by atoms with Gasteiger partial charge in [-0.1, -0.05) is 26.0 Å². The van der Waals surface area contributed by atoms with Gasteiger partial charge in [-0.3, -0.25) is 0 Å². The highest BCUT2D eigenvalue weighted by Crippen LogP contribution is 2.19. The zero-order valence-electron chi connectivity index (χ0n) is 13.1. The fourth-order valence-corrected chi connectivity index (χ4v) is 2.17. The van der Waals surface area contributed by atoms with E-state index >= 15 is 0 Å². The van der Waals surface area contributed by atoms with Gasteiger partial charge in [-0.05, 0) is 44.0 Å². The molecule has 0 aliphatic carbocycles. The second kappa shape index (κ2) is 7.18. The van der Waals surface area contributed by atoms with E-state index in [2.05, 4.69) is 53.4 Å². The summed E-state index contributed by atoms with van der Waals surface area (Å²) in [5, 5.41) is 3.37. The molecule has 2 aromatic rings. The fraction of sp³-hybridized carbons (Fsp3) is 0.412. The molecule has 21 heavy (non-hydrogen) atoms. The smallest absolute Gasteiger partial charge is 0.134 e. The van der Waals surface area contributed by atoms with E-state index in [1.807, 2.05) is 13.0 Å². The maximum absolute atomic E-state index is 5.57. The summed E-state index contributed by atoms with van der Waals surface area (Å²) in [6.07, 6.45) is 2.01. The van der Waals surface area contributed by atoms with Crippen LogP contribution < -0.4 is 11.1 Å². The lowest BCUT2D eigenvalue weighted by Crippen LogP contribution is -2.04. The second-order valence-electron chi connectivity index (χ2n) is 5.63. The van der Waals surface area contributed by atoms with Crippen molar-refractivity contribution in [3.63, 3.8) is 0 Å². The van der Waals surface area contributed by atoms with Crippen LogP contribution in [0.3, 0.4) is 0 Å². The molecule has 0 unspecified atom stereocenters. The summed E-state index contributed by atoms with van der Waals surface area (Å²) in [6, 6.07) is 10.4. The van der Waals surface area contributed by atoms with Crippen LogP contribution in [-0.2, 0) is 6.42 Å². The Morgan fingerprint density at radius 1 is 1.19 bits per heavy atom. The van der Waals surface area contributed by atoms with E-state index in [9.17, 15) is 0 Å². The first-order chi connectivity index (χ1) is 10.1. The molecule has 2 rings (SSSR count). The van der Waals surface area contributed by atoms with Crippen LogP contribution in [0, 0.1) is 6.92 Å². The lowest BCUT2D eigenvalue weighted by Gasteiger charge is -2.11. The van der Waals surface area contributed by atoms with Gasteiger partial charge in [0.15, 0.2) is 0 Å². The number of benzene rings is 1. The Kier molecular flexibility index (Phi) is 5.28. The lowest BCUT2D eigenvalue weighted by molar-refractivity contribution is 0.768. The van der Waals surface area contributed by atoms with E-state index in [-0.39, 0.29) is 0 Å². The first-order valence-electron chi connectivity index (χ1n) is 7.50. The number of nitrogens with one attached hydrogen (secondary N) is 1. The van der Waals surface area contributed by atoms with Gasteiger partial charge in [-0.2, -0.15) is 0 Å². The number of hydrogen-bond acceptors (Lipinski definition) is 4. The average molecular weight is 284 g/mol. The van der Waals surface area contributed by atoms with Gasteiger partial charge in [-0.15, -0.1) is 0 Å². The number of nitrogens with two attached hydrogens (primary N) is 1. The van der Waals surface area contributed by atoms with E-state index in [0.29, 0.717) is 5.92 Å². The largest absolute Gasteiger partial charge is 0.340 e. The van der Waals surface area contributed by atoms with E-state index in [0.717, 1.165) is 42.4 Å². The Bertz CT molecular complexity index is 593. The molecule has 0 atom stereocenters. The fourth-order valence-electron chi connectivity index (χ4n) is 2.17. The van der Waals surface area contributed by atoms with Crippen molar-refractivity contribution in [2.24, 2.45) is 5.73 Å². The van der Waals surface area contributed by atoms with Crippen LogP contribution >= 0.6 is 0 Å². The summed E-state index contributed by atoms with van der Waals surface area (Å²) in [4.78, 5) is 9.05. The molecule has 0 bridgehead atoms. The Balaban J connectivity index is 2.17. The van der Waals surface area contributed by atoms with Gasteiger partial charge < -0.3 is 11.1 Å². The van der Waals surface area contributed by atoms with Crippen LogP contribution in [0.1, 0.15) is 43.3 Å². The highest BCUT2D eigenvalue weighted by molar-refractivity contribution is 5.57. The summed E-state index contributed by atoms with van der Waals surface area (Å²) in [5.74, 6) is 2.04. The molecular weight excluding hydrogens is 260 g/mol. The predicted octanol–water partition coefficient (Wildman–Crippen LogP) is 3.54. The summed E-state index contributed by atoms with van der Waals surface area (Å²) in [7, 11) is 0. The highest BCUT2D eigenvalue weighted by atomic mass is 15.0. The van der Waals surface area contributed by atoms with Crippen LogP contribution in [0.2, 0.25) is 0 Å². The van der Waals surface area contributed by atoms with Crippen molar-refractivity contribution in [2.45, 2.75) is 39.5 Å². The molecule has 0 amide bonds. The molecule has 0 saturated heterocycles. The number of nitrogens with zero attached hydrogens (tertiary/aromatic N) is 2. The Hall–Kier alpha value is -1.94. The van der Waals surface area contributed by atoms with Crippen molar-refractivity contribution in [1.29, 1.82) is 0 Å². The molecule has 0 spiro atoms. The van der Waals surface area contributed by atoms with Crippen LogP contribution in [-0.4, -0.2) is 16.5 Å². The Labute approximate surface area is 126 Å². The minimum Gasteiger partial charge on any atom is -0.340 e. The maximum atomic E-state index is 5.57. The molecule has 0 fully saturated rings. The van der Waals surface area contributed by atoms with Crippen molar-refractivity contribution in [3.8, 4) is 0 Å². The number of anilines is 2. The number of aryl methyl sites for hydroxylation is 2. The van der Waals surface area contributed by atoms with E-state index < -0.39 is 0 Å². The van der Waals surface area contributed by atoms with Crippen molar-refractivity contribution >= 4 is 11.5 Å². The molecule has 1 heterocycles. The second-order valence-corrected chi connectivity index (χ2v) is 5.63. The summed E-state index contributed by atoms with van der Waals surface area (Å²) < 4.78 is 0. The van der Waals surface area contributed by atoms with E-state index in [1.54, 1.807) is 0 Å². The molecule has 4 nitrogen and oxygen atoms in total. The van der Waals surface area contributed by atoms with E-state index in [4.69, 9.17) is 5.73 Å². The maximum Gasteiger partial charge on any atom is 0.134 e. The van der Waals surface area contributed by atoms with Gasteiger partial charge in [0, 0.05) is 23.4 Å². The first kappa shape index (κ1) is 15.4. The molecule has 3 N–H and O–H groups in total. The third-order valence-corrected chi connectivity index (χ3v) is 3.26. The Morgan fingerprint density at radius 3 is 2.71 bits per heavy atom. The summed E-state index contributed by atoms with van der Waals surface area (Å²) in [6.45, 7) is 6.93. The summed E-state index contributed by atoms with van der Waals surface area (Å²) in [5.41, 5.74) is 8.89. The lowest BCUT2D eigenvalue weighted by atomic mass is 10.1.